The number of amides is 2. The summed E-state index contributed by atoms with van der Waals surface area (Å²) in [5.74, 6) is -6.64. The number of rotatable bonds is 25. The Hall–Kier alpha value is -3.55. The lowest BCUT2D eigenvalue weighted by molar-refractivity contribution is -0.156. The van der Waals surface area contributed by atoms with E-state index in [0.29, 0.717) is 19.3 Å². The number of nitrogens with one attached hydrogen (secondary N) is 2. The lowest BCUT2D eigenvalue weighted by atomic mass is 9.58. The van der Waals surface area contributed by atoms with Crippen LogP contribution in [0.2, 0.25) is 12.6 Å². The third-order valence-electron chi connectivity index (χ3n) is 10.6. The number of aryl methyl sites for hydroxylation is 1. The van der Waals surface area contributed by atoms with Gasteiger partial charge in [-0.25, -0.2) is 0 Å². The number of ketones is 2. The maximum absolute atomic E-state index is 14.7. The van der Waals surface area contributed by atoms with Crippen LogP contribution in [-0.2, 0) is 25.6 Å². The highest BCUT2D eigenvalue weighted by atomic mass is 19.4. The van der Waals surface area contributed by atoms with Crippen LogP contribution in [-0.4, -0.2) is 71.3 Å². The van der Waals surface area contributed by atoms with Crippen LogP contribution < -0.4 is 16.4 Å². The molecule has 0 aliphatic heterocycles. The van der Waals surface area contributed by atoms with Crippen LogP contribution in [0.4, 0.5) is 13.2 Å². The summed E-state index contributed by atoms with van der Waals surface area (Å²) in [6.07, 6.45) is -2.61. The molecule has 0 aliphatic carbocycles. The van der Waals surface area contributed by atoms with Gasteiger partial charge < -0.3 is 26.5 Å². The Morgan fingerprint density at radius 2 is 1.39 bits per heavy atom. The van der Waals surface area contributed by atoms with Crippen LogP contribution in [0.15, 0.2) is 48.5 Å². The second kappa shape index (κ2) is 23.6. The largest absolute Gasteiger partial charge is 0.450 e. The molecule has 6 N–H and O–H groups in total. The topological polar surface area (TPSA) is 159 Å². The van der Waals surface area contributed by atoms with Crippen molar-refractivity contribution in [2.45, 2.75) is 149 Å². The molecule has 312 valence electrons. The fourth-order valence-electron chi connectivity index (χ4n) is 6.74. The van der Waals surface area contributed by atoms with Crippen LogP contribution >= 0.6 is 0 Å². The Bertz CT molecular complexity index is 1520. The van der Waals surface area contributed by atoms with Crippen LogP contribution in [0.3, 0.4) is 0 Å². The van der Waals surface area contributed by atoms with E-state index < -0.39 is 79.5 Å². The van der Waals surface area contributed by atoms with Crippen molar-refractivity contribution < 1.29 is 42.5 Å². The number of alkyl halides is 3. The van der Waals surface area contributed by atoms with Gasteiger partial charge in [-0.15, -0.1) is 0 Å². The van der Waals surface area contributed by atoms with Crippen LogP contribution in [0.1, 0.15) is 116 Å². The molecule has 0 saturated heterocycles. The zero-order valence-corrected chi connectivity index (χ0v) is 34.3. The fourth-order valence-corrected chi connectivity index (χ4v) is 6.74. The number of carbonyl (C=O) groups excluding carboxylic acids is 4. The summed E-state index contributed by atoms with van der Waals surface area (Å²) < 4.78 is 44.2. The first-order chi connectivity index (χ1) is 26.3. The Kier molecular flexibility index (Phi) is 20.5. The summed E-state index contributed by atoms with van der Waals surface area (Å²) in [6, 6.07) is 11.8. The number of halogens is 3. The van der Waals surface area contributed by atoms with Gasteiger partial charge in [-0.1, -0.05) is 103 Å². The van der Waals surface area contributed by atoms with E-state index in [1.54, 1.807) is 25.9 Å². The Labute approximate surface area is 332 Å². The van der Waals surface area contributed by atoms with Crippen molar-refractivity contribution in [3.05, 3.63) is 59.7 Å². The third kappa shape index (κ3) is 16.1. The van der Waals surface area contributed by atoms with Crippen molar-refractivity contribution in [1.82, 2.24) is 10.6 Å². The highest BCUT2D eigenvalue weighted by Gasteiger charge is 2.43. The quantitative estimate of drug-likeness (QED) is 0.0517. The number of benzene rings is 2. The van der Waals surface area contributed by atoms with Crippen molar-refractivity contribution in [2.24, 2.45) is 23.5 Å². The molecule has 2 amide bonds. The summed E-state index contributed by atoms with van der Waals surface area (Å²) in [4.78, 5) is 53.5. The molecule has 2 aromatic carbocycles. The van der Waals surface area contributed by atoms with Crippen LogP contribution in [0, 0.1) is 17.8 Å². The number of aliphatic hydroxyl groups is 1. The number of hydrogen-bond donors (Lipinski definition) is 5. The first-order valence-electron chi connectivity index (χ1n) is 20.3. The van der Waals surface area contributed by atoms with Crippen LogP contribution in [0.25, 0.3) is 11.1 Å². The SMILES string of the molecule is CCCCc1ccc(-c2ccc(C(C[C@@H](CCCCN)C(=O)N[C@H](C(=O)C[C@@H](C)C(=O)N[C@@H](CC(C)C)C(=O)C[C@@H](C)B(C)O)[C@@H](C)O)C(F)(F)F)cc2)cc1. The normalized spacial score (nSPS) is 15.6. The van der Waals surface area contributed by atoms with Gasteiger partial charge in [-0.05, 0) is 86.0 Å². The molecule has 0 spiro atoms. The molecule has 2 rings (SSSR count). The molecular weight excluding hydrogens is 722 g/mol. The number of unbranched alkanes of at least 4 members (excludes halogenated alkanes) is 2. The zero-order valence-electron chi connectivity index (χ0n) is 34.3. The summed E-state index contributed by atoms with van der Waals surface area (Å²) in [7, 11) is 0. The molecule has 0 aromatic heterocycles. The Balaban J connectivity index is 2.24. The molecule has 0 heterocycles. The first-order valence-corrected chi connectivity index (χ1v) is 20.3. The van der Waals surface area contributed by atoms with E-state index in [-0.39, 0.29) is 42.5 Å². The minimum Gasteiger partial charge on any atom is -0.450 e. The van der Waals surface area contributed by atoms with Crippen molar-refractivity contribution in [2.75, 3.05) is 6.54 Å². The van der Waals surface area contributed by atoms with Gasteiger partial charge in [0.15, 0.2) is 11.6 Å². The molecule has 9 nitrogen and oxygen atoms in total. The van der Waals surface area contributed by atoms with E-state index in [4.69, 9.17) is 5.73 Å². The van der Waals surface area contributed by atoms with Gasteiger partial charge >= 0.3 is 6.18 Å². The van der Waals surface area contributed by atoms with E-state index in [0.717, 1.165) is 30.4 Å². The smallest absolute Gasteiger partial charge is 0.395 e. The number of aliphatic hydroxyl groups excluding tert-OH is 1. The van der Waals surface area contributed by atoms with E-state index in [1.807, 2.05) is 38.1 Å². The average Bonchev–Trinajstić information content (AvgIpc) is 3.13. The fraction of sp³-hybridized carbons (Fsp3) is 0.628. The second-order valence-corrected chi connectivity index (χ2v) is 16.1. The third-order valence-corrected chi connectivity index (χ3v) is 10.6. The van der Waals surface area contributed by atoms with Gasteiger partial charge in [-0.2, -0.15) is 13.2 Å². The van der Waals surface area contributed by atoms with Gasteiger partial charge in [0.1, 0.15) is 6.04 Å². The van der Waals surface area contributed by atoms with Crippen molar-refractivity contribution >= 4 is 30.3 Å². The van der Waals surface area contributed by atoms with E-state index >= 15 is 0 Å². The molecule has 7 atom stereocenters. The molecular formula is C43H65BF3N3O6. The van der Waals surface area contributed by atoms with Crippen LogP contribution in [0.5, 0.6) is 0 Å². The zero-order chi connectivity index (χ0) is 42.2. The number of nitrogens with two attached hydrogens (primary N) is 1. The molecule has 56 heavy (non-hydrogen) atoms. The van der Waals surface area contributed by atoms with E-state index in [1.165, 1.54) is 31.5 Å². The van der Waals surface area contributed by atoms with Crippen molar-refractivity contribution in [1.29, 1.82) is 0 Å². The molecule has 0 bridgehead atoms. The maximum Gasteiger partial charge on any atom is 0.395 e. The van der Waals surface area contributed by atoms with Gasteiger partial charge in [0.05, 0.1) is 18.1 Å². The molecule has 0 aliphatic rings. The molecule has 0 fully saturated rings. The minimum atomic E-state index is -4.68. The number of carbonyl (C=O) groups is 4. The molecule has 1 unspecified atom stereocenters. The van der Waals surface area contributed by atoms with Crippen molar-refractivity contribution in [3.63, 3.8) is 0 Å². The second-order valence-electron chi connectivity index (χ2n) is 16.1. The van der Waals surface area contributed by atoms with Gasteiger partial charge in [0, 0.05) is 24.7 Å². The predicted molar refractivity (Wildman–Crippen MR) is 217 cm³/mol. The lowest BCUT2D eigenvalue weighted by Crippen LogP contribution is -2.51. The van der Waals surface area contributed by atoms with E-state index in [2.05, 4.69) is 17.6 Å². The summed E-state index contributed by atoms with van der Waals surface area (Å²) in [6.45, 7) is 11.6. The monoisotopic (exact) mass is 787 g/mol. The molecule has 2 aromatic rings. The average molecular weight is 788 g/mol. The highest BCUT2D eigenvalue weighted by molar-refractivity contribution is 6.50. The van der Waals surface area contributed by atoms with Gasteiger partial charge in [0.25, 0.3) is 6.92 Å². The maximum atomic E-state index is 14.7. The predicted octanol–water partition coefficient (Wildman–Crippen LogP) is 7.43. The highest BCUT2D eigenvalue weighted by Crippen LogP contribution is 2.41. The summed E-state index contributed by atoms with van der Waals surface area (Å²) in [5.41, 5.74) is 8.51. The van der Waals surface area contributed by atoms with Gasteiger partial charge in [0.2, 0.25) is 11.8 Å². The summed E-state index contributed by atoms with van der Waals surface area (Å²) in [5, 5.41) is 25.7. The van der Waals surface area contributed by atoms with Gasteiger partial charge in [-0.3, -0.25) is 19.2 Å². The first kappa shape index (κ1) is 48.6. The standard InChI is InChI=1S/C43H65BF3N3O6/c1-8-9-12-31-14-16-32(17-15-31)33-18-20-34(21-19-33)36(43(45,46)47)26-35(13-10-11-22-48)42(55)50-40(30(6)51)39(53)24-28(4)41(54)49-37(23-27(2)3)38(52)25-29(5)44(7)56/h14-21,27-30,35-37,40,51,56H,8-13,22-26,48H2,1-7H3,(H,49,54)(H,50,55)/t28-,29-,30-,35-,36?,37+,40+/m1/s1. The molecule has 0 saturated carbocycles. The van der Waals surface area contributed by atoms with E-state index in [9.17, 15) is 42.5 Å². The minimum absolute atomic E-state index is 0.00927. The van der Waals surface area contributed by atoms with Crippen molar-refractivity contribution in [3.8, 4) is 11.1 Å². The summed E-state index contributed by atoms with van der Waals surface area (Å²) >= 11 is 0. The molecule has 13 heteroatoms. The Morgan fingerprint density at radius 3 is 1.89 bits per heavy atom. The number of hydrogen-bond acceptors (Lipinski definition) is 7. The Morgan fingerprint density at radius 1 is 0.804 bits per heavy atom. The lowest BCUT2D eigenvalue weighted by Gasteiger charge is -2.28. The molecule has 0 radical (unpaired) electrons. The number of Topliss-reactive ketones (excluding diaryl/α,β-unsaturated/α-hetero) is 2.